The van der Waals surface area contributed by atoms with E-state index in [9.17, 15) is 29.4 Å². The molecule has 2 fully saturated rings. The highest BCUT2D eigenvalue weighted by molar-refractivity contribution is 5.96. The maximum Gasteiger partial charge on any atom is 0.332 e. The fourth-order valence-corrected chi connectivity index (χ4v) is 6.20. The molecule has 0 saturated heterocycles. The number of isocyanates is 2. The predicted molar refractivity (Wildman–Crippen MR) is 113 cm³/mol. The quantitative estimate of drug-likeness (QED) is 0.359. The van der Waals surface area contributed by atoms with E-state index < -0.39 is 41.3 Å². The average molecular weight is 433 g/mol. The Bertz CT molecular complexity index is 780. The Hall–Kier alpha value is -2.56. The number of carbonyl (C=O) groups excluding carboxylic acids is 2. The van der Waals surface area contributed by atoms with Crippen LogP contribution in [-0.4, -0.2) is 46.4 Å². The monoisotopic (exact) mass is 432 g/mol. The molecule has 2 aliphatic rings. The second-order valence-corrected chi connectivity index (χ2v) is 9.53. The molecular weight excluding hydrogens is 400 g/mol. The molecule has 8 atom stereocenters. The van der Waals surface area contributed by atoms with Crippen LogP contribution in [0.15, 0.2) is 22.1 Å². The van der Waals surface area contributed by atoms with E-state index in [0.29, 0.717) is 12.8 Å². The summed E-state index contributed by atoms with van der Waals surface area (Å²) in [6, 6.07) is -0.844. The average Bonchev–Trinajstić information content (AvgIpc) is 2.69. The number of rotatable bonds is 7. The third-order valence-corrected chi connectivity index (χ3v) is 8.16. The van der Waals surface area contributed by atoms with Gasteiger partial charge in [-0.3, -0.25) is 4.79 Å². The minimum atomic E-state index is -1.78. The molecule has 0 bridgehead atoms. The summed E-state index contributed by atoms with van der Waals surface area (Å²) < 4.78 is 0. The highest BCUT2D eigenvalue weighted by atomic mass is 16.4. The number of carboxylic acids is 2. The normalized spacial score (nSPS) is 37.4. The minimum absolute atomic E-state index is 0.0290. The van der Waals surface area contributed by atoms with Crippen molar-refractivity contribution < 1.29 is 29.4 Å². The van der Waals surface area contributed by atoms with E-state index in [1.54, 1.807) is 12.2 Å². The van der Waals surface area contributed by atoms with Gasteiger partial charge in [-0.1, -0.05) is 34.3 Å². The maximum atomic E-state index is 13.1. The molecule has 2 aliphatic carbocycles. The zero-order chi connectivity index (χ0) is 23.5. The molecule has 0 aliphatic heterocycles. The lowest BCUT2D eigenvalue weighted by Gasteiger charge is -2.54. The van der Waals surface area contributed by atoms with Crippen LogP contribution in [0.3, 0.4) is 0 Å². The number of hydrogen-bond acceptors (Lipinski definition) is 6. The number of hydrogen-bond donors (Lipinski definition) is 2. The van der Waals surface area contributed by atoms with Crippen molar-refractivity contribution in [1.29, 1.82) is 0 Å². The maximum absolute atomic E-state index is 13.1. The molecule has 0 radical (unpaired) electrons. The Morgan fingerprint density at radius 3 is 1.52 bits per heavy atom. The second-order valence-electron chi connectivity index (χ2n) is 9.53. The van der Waals surface area contributed by atoms with Gasteiger partial charge < -0.3 is 10.2 Å². The molecule has 8 unspecified atom stereocenters. The van der Waals surface area contributed by atoms with E-state index in [1.165, 1.54) is 0 Å². The first-order valence-electron chi connectivity index (χ1n) is 10.8. The molecule has 2 saturated carbocycles. The van der Waals surface area contributed by atoms with Gasteiger partial charge in [-0.05, 0) is 61.2 Å². The van der Waals surface area contributed by atoms with Crippen molar-refractivity contribution in [1.82, 2.24) is 0 Å². The van der Waals surface area contributed by atoms with Crippen LogP contribution in [-0.2, 0) is 19.2 Å². The summed E-state index contributed by atoms with van der Waals surface area (Å²) in [5.41, 5.74) is -2.14. The predicted octanol–water partition coefficient (Wildman–Crippen LogP) is 3.47. The van der Waals surface area contributed by atoms with E-state index in [2.05, 4.69) is 16.6 Å². The Kier molecular flexibility index (Phi) is 7.74. The Labute approximate surface area is 182 Å². The SMILES string of the molecule is C=C(C(=O)O)C(C(=O)O)(C1CC(N=C=O)CC(C)C1C)C1CC(N=C=O)CC(C)C1C. The molecule has 2 rings (SSSR count). The smallest absolute Gasteiger partial charge is 0.332 e. The largest absolute Gasteiger partial charge is 0.481 e. The molecule has 0 aromatic heterocycles. The van der Waals surface area contributed by atoms with Gasteiger partial charge in [0.25, 0.3) is 0 Å². The molecule has 8 nitrogen and oxygen atoms in total. The summed E-state index contributed by atoms with van der Waals surface area (Å²) in [7, 11) is 0. The number of carboxylic acid groups (broad SMARTS) is 2. The van der Waals surface area contributed by atoms with Gasteiger partial charge in [0.05, 0.1) is 12.1 Å². The van der Waals surface area contributed by atoms with Crippen LogP contribution in [0.4, 0.5) is 0 Å². The van der Waals surface area contributed by atoms with Crippen molar-refractivity contribution in [3.63, 3.8) is 0 Å². The lowest BCUT2D eigenvalue weighted by molar-refractivity contribution is -0.166. The number of nitrogens with zero attached hydrogens (tertiary/aromatic N) is 2. The highest BCUT2D eigenvalue weighted by Crippen LogP contribution is 2.58. The van der Waals surface area contributed by atoms with Crippen molar-refractivity contribution in [3.8, 4) is 0 Å². The molecule has 8 heteroatoms. The Morgan fingerprint density at radius 2 is 1.23 bits per heavy atom. The van der Waals surface area contributed by atoms with E-state index in [4.69, 9.17) is 0 Å². The van der Waals surface area contributed by atoms with E-state index >= 15 is 0 Å². The molecule has 0 aromatic rings. The first-order chi connectivity index (χ1) is 14.5. The van der Waals surface area contributed by atoms with Gasteiger partial charge in [0, 0.05) is 5.57 Å². The van der Waals surface area contributed by atoms with Gasteiger partial charge in [0.2, 0.25) is 12.2 Å². The summed E-state index contributed by atoms with van der Waals surface area (Å²) in [5, 5.41) is 20.6. The van der Waals surface area contributed by atoms with Crippen LogP contribution >= 0.6 is 0 Å². The van der Waals surface area contributed by atoms with Gasteiger partial charge in [0.1, 0.15) is 5.41 Å². The van der Waals surface area contributed by atoms with Crippen LogP contribution in [0, 0.1) is 40.9 Å². The molecule has 0 aromatic carbocycles. The lowest BCUT2D eigenvalue weighted by atomic mass is 9.48. The van der Waals surface area contributed by atoms with Gasteiger partial charge in [-0.2, -0.15) is 0 Å². The van der Waals surface area contributed by atoms with Gasteiger partial charge in [-0.15, -0.1) is 0 Å². The molecule has 170 valence electrons. The standard InChI is InChI=1S/C23H32N2O6/c1-12-6-17(24-10-26)8-19(14(12)3)23(22(30)31,16(5)21(28)29)20-9-18(25-11-27)7-13(2)15(20)4/h12-15,17-20H,5-9H2,1-4H3,(H,28,29)(H,30,31). The Morgan fingerprint density at radius 1 is 0.839 bits per heavy atom. The molecule has 2 N–H and O–H groups in total. The van der Waals surface area contributed by atoms with Crippen LogP contribution in [0.2, 0.25) is 0 Å². The van der Waals surface area contributed by atoms with E-state index in [-0.39, 0.29) is 42.1 Å². The summed E-state index contributed by atoms with van der Waals surface area (Å²) in [6.07, 6.45) is 4.89. The zero-order valence-corrected chi connectivity index (χ0v) is 18.6. The fourth-order valence-electron chi connectivity index (χ4n) is 6.20. The fraction of sp³-hybridized carbons (Fsp3) is 0.739. The van der Waals surface area contributed by atoms with Gasteiger partial charge >= 0.3 is 11.9 Å². The first-order valence-corrected chi connectivity index (χ1v) is 10.8. The summed E-state index contributed by atoms with van der Waals surface area (Å²) >= 11 is 0. The number of aliphatic imine (C=N–C) groups is 2. The van der Waals surface area contributed by atoms with Gasteiger partial charge in [0.15, 0.2) is 0 Å². The van der Waals surface area contributed by atoms with Crippen LogP contribution in [0.25, 0.3) is 0 Å². The van der Waals surface area contributed by atoms with E-state index in [0.717, 1.165) is 0 Å². The molecule has 0 heterocycles. The third kappa shape index (κ3) is 4.41. The number of carbonyl (C=O) groups is 2. The highest BCUT2D eigenvalue weighted by Gasteiger charge is 2.61. The van der Waals surface area contributed by atoms with Crippen molar-refractivity contribution in [2.45, 2.75) is 65.5 Å². The summed E-state index contributed by atoms with van der Waals surface area (Å²) in [4.78, 5) is 54.9. The van der Waals surface area contributed by atoms with E-state index in [1.807, 2.05) is 27.7 Å². The summed E-state index contributed by atoms with van der Waals surface area (Å²) in [5.74, 6) is -4.01. The first kappa shape index (κ1) is 24.7. The van der Waals surface area contributed by atoms with Crippen molar-refractivity contribution >= 4 is 24.1 Å². The second kappa shape index (κ2) is 9.71. The number of aliphatic carboxylic acids is 2. The Balaban J connectivity index is 2.74. The molecule has 0 amide bonds. The molecule has 0 spiro atoms. The lowest BCUT2D eigenvalue weighted by Crippen LogP contribution is -2.57. The minimum Gasteiger partial charge on any atom is -0.481 e. The third-order valence-electron chi connectivity index (χ3n) is 8.16. The molecular formula is C23H32N2O6. The summed E-state index contributed by atoms with van der Waals surface area (Å²) in [6.45, 7) is 11.6. The topological polar surface area (TPSA) is 133 Å². The van der Waals surface area contributed by atoms with Crippen molar-refractivity contribution in [2.24, 2.45) is 50.9 Å². The van der Waals surface area contributed by atoms with Crippen LogP contribution in [0.1, 0.15) is 53.4 Å². The van der Waals surface area contributed by atoms with Crippen LogP contribution < -0.4 is 0 Å². The zero-order valence-electron chi connectivity index (χ0n) is 18.6. The van der Waals surface area contributed by atoms with Crippen molar-refractivity contribution in [3.05, 3.63) is 12.2 Å². The van der Waals surface area contributed by atoms with Gasteiger partial charge in [-0.25, -0.2) is 24.4 Å². The molecule has 31 heavy (non-hydrogen) atoms. The van der Waals surface area contributed by atoms with Crippen LogP contribution in [0.5, 0.6) is 0 Å². The van der Waals surface area contributed by atoms with Crippen molar-refractivity contribution in [2.75, 3.05) is 0 Å².